The summed E-state index contributed by atoms with van der Waals surface area (Å²) in [7, 11) is 0. The van der Waals surface area contributed by atoms with Gasteiger partial charge in [-0.2, -0.15) is 0 Å². The Bertz CT molecular complexity index is 690. The minimum atomic E-state index is -1.25. The number of nitrogens with zero attached hydrogens (tertiary/aromatic N) is 4. The smallest absolute Gasteiger partial charge is 0.322 e. The molecule has 1 fully saturated rings. The highest BCUT2D eigenvalue weighted by Gasteiger charge is 2.21. The zero-order valence-electron chi connectivity index (χ0n) is 19.0. The third kappa shape index (κ3) is 13.0. The van der Waals surface area contributed by atoms with Crippen molar-refractivity contribution in [3.63, 3.8) is 0 Å². The van der Waals surface area contributed by atoms with Crippen LogP contribution in [0.4, 0.5) is 0 Å². The summed E-state index contributed by atoms with van der Waals surface area (Å²) in [5, 5.41) is 38.9. The molecule has 1 heterocycles. The number of carboxylic acid groups (broad SMARTS) is 4. The minimum Gasteiger partial charge on any atom is -0.480 e. The van der Waals surface area contributed by atoms with Gasteiger partial charge in [0.05, 0.1) is 26.2 Å². The number of carbonyl (C=O) groups is 5. The van der Waals surface area contributed by atoms with Gasteiger partial charge in [-0.1, -0.05) is 0 Å². The molecule has 1 saturated heterocycles. The highest BCUT2D eigenvalue weighted by molar-refractivity contribution is 5.79. The maximum atomic E-state index is 12.3. The average Bonchev–Trinajstić information content (AvgIpc) is 2.72. The van der Waals surface area contributed by atoms with Gasteiger partial charge in [-0.05, 0) is 0 Å². The van der Waals surface area contributed by atoms with Crippen molar-refractivity contribution in [2.75, 3.05) is 85.1 Å². The number of nitrogens with one attached hydrogen (secondary N) is 1. The van der Waals surface area contributed by atoms with Crippen LogP contribution in [0.15, 0.2) is 0 Å². The highest BCUT2D eigenvalue weighted by atomic mass is 16.4. The number of rotatable bonds is 11. The number of nitrogens with two attached hydrogens (primary N) is 1. The number of hydrogen-bond donors (Lipinski definition) is 6. The van der Waals surface area contributed by atoms with Crippen molar-refractivity contribution >= 4 is 29.8 Å². The number of hydrogen-bond acceptors (Lipinski definition) is 10. The molecule has 0 radical (unpaired) electrons. The van der Waals surface area contributed by atoms with Gasteiger partial charge < -0.3 is 31.5 Å². The second kappa shape index (κ2) is 15.1. The van der Waals surface area contributed by atoms with Gasteiger partial charge >= 0.3 is 23.9 Å². The molecule has 1 atom stereocenters. The van der Waals surface area contributed by atoms with E-state index in [4.69, 9.17) is 15.9 Å². The fourth-order valence-corrected chi connectivity index (χ4v) is 3.35. The van der Waals surface area contributed by atoms with Crippen molar-refractivity contribution < 1.29 is 44.4 Å². The van der Waals surface area contributed by atoms with E-state index >= 15 is 0 Å². The normalized spacial score (nSPS) is 18.9. The van der Waals surface area contributed by atoms with Crippen molar-refractivity contribution in [1.29, 1.82) is 0 Å². The summed E-state index contributed by atoms with van der Waals surface area (Å²) >= 11 is 0. The first-order valence-corrected chi connectivity index (χ1v) is 10.8. The van der Waals surface area contributed by atoms with Gasteiger partial charge in [-0.3, -0.25) is 43.6 Å². The van der Waals surface area contributed by atoms with E-state index in [0.29, 0.717) is 0 Å². The lowest BCUT2D eigenvalue weighted by Gasteiger charge is -2.32. The SMILES string of the molecule is N[C@@H](CNC(=O)CN1CCN(CC(=O)O)CCN(CC(=O)O)CCN(CC(=O)O)CC1)C(=O)O. The molecule has 1 amide bonds. The van der Waals surface area contributed by atoms with Gasteiger partial charge in [-0.15, -0.1) is 0 Å². The predicted octanol–water partition coefficient (Wildman–Crippen LogP) is -4.01. The van der Waals surface area contributed by atoms with E-state index in [-0.39, 0.29) is 85.1 Å². The fourth-order valence-electron chi connectivity index (χ4n) is 3.35. The van der Waals surface area contributed by atoms with Crippen LogP contribution in [0.5, 0.6) is 0 Å². The van der Waals surface area contributed by atoms with Gasteiger partial charge in [0.25, 0.3) is 0 Å². The maximum absolute atomic E-state index is 12.3. The molecule has 0 unspecified atom stereocenters. The average molecular weight is 491 g/mol. The molecule has 0 bridgehead atoms. The van der Waals surface area contributed by atoms with E-state index < -0.39 is 35.8 Å². The topological polar surface area (TPSA) is 217 Å². The summed E-state index contributed by atoms with van der Waals surface area (Å²) in [5.41, 5.74) is 5.39. The molecule has 15 nitrogen and oxygen atoms in total. The molecule has 1 aliphatic heterocycles. The zero-order chi connectivity index (χ0) is 25.7. The minimum absolute atomic E-state index is 0.112. The van der Waals surface area contributed by atoms with Crippen molar-refractivity contribution in [2.24, 2.45) is 5.73 Å². The van der Waals surface area contributed by atoms with E-state index in [0.717, 1.165) is 0 Å². The van der Waals surface area contributed by atoms with Crippen LogP contribution in [-0.4, -0.2) is 161 Å². The number of carboxylic acids is 4. The van der Waals surface area contributed by atoms with Crippen LogP contribution in [0.25, 0.3) is 0 Å². The summed E-state index contributed by atoms with van der Waals surface area (Å²) in [4.78, 5) is 63.5. The molecule has 0 aromatic heterocycles. The molecule has 0 aromatic rings. The van der Waals surface area contributed by atoms with Gasteiger partial charge in [0.1, 0.15) is 6.04 Å². The van der Waals surface area contributed by atoms with E-state index in [9.17, 15) is 34.2 Å². The summed E-state index contributed by atoms with van der Waals surface area (Å²) in [6.07, 6.45) is 0. The maximum Gasteiger partial charge on any atom is 0.322 e. The van der Waals surface area contributed by atoms with E-state index in [1.165, 1.54) is 0 Å². The molecule has 7 N–H and O–H groups in total. The Kier molecular flexibility index (Phi) is 13.0. The third-order valence-electron chi connectivity index (χ3n) is 5.21. The molecular weight excluding hydrogens is 456 g/mol. The zero-order valence-corrected chi connectivity index (χ0v) is 19.0. The van der Waals surface area contributed by atoms with Crippen LogP contribution < -0.4 is 11.1 Å². The van der Waals surface area contributed by atoms with Crippen LogP contribution in [0.2, 0.25) is 0 Å². The van der Waals surface area contributed by atoms with Crippen molar-refractivity contribution in [2.45, 2.75) is 6.04 Å². The lowest BCUT2D eigenvalue weighted by molar-refractivity contribution is -0.140. The van der Waals surface area contributed by atoms with Crippen molar-refractivity contribution in [1.82, 2.24) is 24.9 Å². The van der Waals surface area contributed by atoms with Crippen LogP contribution in [0, 0.1) is 0 Å². The summed E-state index contributed by atoms with van der Waals surface area (Å²) in [6, 6.07) is -1.25. The Morgan fingerprint density at radius 1 is 0.618 bits per heavy atom. The first-order chi connectivity index (χ1) is 16.0. The van der Waals surface area contributed by atoms with Crippen LogP contribution in [0.3, 0.4) is 0 Å². The highest BCUT2D eigenvalue weighted by Crippen LogP contribution is 2.01. The Morgan fingerprint density at radius 3 is 1.18 bits per heavy atom. The number of amides is 1. The molecule has 1 rings (SSSR count). The van der Waals surface area contributed by atoms with Gasteiger partial charge in [0.2, 0.25) is 5.91 Å². The molecule has 34 heavy (non-hydrogen) atoms. The predicted molar refractivity (Wildman–Crippen MR) is 117 cm³/mol. The molecular formula is C19H34N6O9. The van der Waals surface area contributed by atoms with Gasteiger partial charge in [-0.25, -0.2) is 0 Å². The number of aliphatic carboxylic acids is 4. The first-order valence-electron chi connectivity index (χ1n) is 10.8. The summed E-state index contributed by atoms with van der Waals surface area (Å²) in [6.45, 7) is 1.04. The third-order valence-corrected chi connectivity index (χ3v) is 5.21. The van der Waals surface area contributed by atoms with E-state index in [2.05, 4.69) is 5.32 Å². The van der Waals surface area contributed by atoms with Crippen LogP contribution in [0.1, 0.15) is 0 Å². The molecule has 0 aromatic carbocycles. The Morgan fingerprint density at radius 2 is 0.912 bits per heavy atom. The first kappa shape index (κ1) is 29.2. The standard InChI is InChI=1S/C19H34N6O9/c20-14(19(33)34)9-21-15(26)10-22-1-3-23(11-16(27)28)5-7-25(13-18(31)32)8-6-24(4-2-22)12-17(29)30/h14H,1-13,20H2,(H,21,26)(H,27,28)(H,29,30)(H,31,32)(H,33,34)/t14-/m0/s1. The molecule has 0 aliphatic carbocycles. The summed E-state index contributed by atoms with van der Waals surface area (Å²) in [5.74, 6) is -4.85. The van der Waals surface area contributed by atoms with E-state index in [1.54, 1.807) is 19.6 Å². The van der Waals surface area contributed by atoms with Crippen LogP contribution >= 0.6 is 0 Å². The fraction of sp³-hybridized carbons (Fsp3) is 0.737. The lowest BCUT2D eigenvalue weighted by atomic mass is 10.3. The van der Waals surface area contributed by atoms with Crippen molar-refractivity contribution in [3.8, 4) is 0 Å². The molecule has 0 saturated carbocycles. The lowest BCUT2D eigenvalue weighted by Crippen LogP contribution is -2.50. The van der Waals surface area contributed by atoms with Gasteiger partial charge in [0.15, 0.2) is 0 Å². The molecule has 15 heteroatoms. The second-order valence-corrected chi connectivity index (χ2v) is 8.03. The largest absolute Gasteiger partial charge is 0.480 e. The quantitative estimate of drug-likeness (QED) is 0.163. The van der Waals surface area contributed by atoms with Gasteiger partial charge in [0, 0.05) is 58.9 Å². The van der Waals surface area contributed by atoms with E-state index in [1.807, 2.05) is 0 Å². The Labute approximate surface area is 196 Å². The molecule has 194 valence electrons. The molecule has 0 spiro atoms. The Balaban J connectivity index is 2.91. The Hall–Kier alpha value is -2.85. The number of carbonyl (C=O) groups excluding carboxylic acids is 1. The molecule has 1 aliphatic rings. The van der Waals surface area contributed by atoms with Crippen LogP contribution in [-0.2, 0) is 24.0 Å². The second-order valence-electron chi connectivity index (χ2n) is 8.03. The van der Waals surface area contributed by atoms with Crippen molar-refractivity contribution in [3.05, 3.63) is 0 Å². The summed E-state index contributed by atoms with van der Waals surface area (Å²) < 4.78 is 0. The monoisotopic (exact) mass is 490 g/mol.